The highest BCUT2D eigenvalue weighted by molar-refractivity contribution is 8.01. The van der Waals surface area contributed by atoms with Gasteiger partial charge >= 0.3 is 0 Å². The number of hydrogen-bond acceptors (Lipinski definition) is 2. The molecule has 18 heavy (non-hydrogen) atoms. The number of rotatable bonds is 4. The highest BCUT2D eigenvalue weighted by atomic mass is 35.5. The van der Waals surface area contributed by atoms with E-state index in [2.05, 4.69) is 12.1 Å². The Morgan fingerprint density at radius 3 is 2.83 bits per heavy atom. The second kappa shape index (κ2) is 5.14. The molecule has 0 saturated heterocycles. The summed E-state index contributed by atoms with van der Waals surface area (Å²) in [5.74, 6) is 0.811. The van der Waals surface area contributed by atoms with Crippen LogP contribution in [-0.2, 0) is 11.2 Å². The quantitative estimate of drug-likeness (QED) is 0.791. The molecule has 1 fully saturated rings. The molecule has 0 radical (unpaired) electrons. The zero-order valence-electron chi connectivity index (χ0n) is 10.1. The Morgan fingerprint density at radius 2 is 2.17 bits per heavy atom. The first-order valence-corrected chi connectivity index (χ1v) is 7.82. The van der Waals surface area contributed by atoms with E-state index in [0.717, 1.165) is 19.3 Å². The molecule has 3 rings (SSSR count). The second-order valence-corrected chi connectivity index (χ2v) is 6.49. The minimum Gasteiger partial charge on any atom is -0.338 e. The summed E-state index contributed by atoms with van der Waals surface area (Å²) in [4.78, 5) is 15.8. The molecular formula is C14H16ClNOS. The molecule has 4 heteroatoms. The van der Waals surface area contributed by atoms with Crippen LogP contribution in [0.4, 0.5) is 0 Å². The van der Waals surface area contributed by atoms with Gasteiger partial charge in [0.2, 0.25) is 5.91 Å². The van der Waals surface area contributed by atoms with Crippen molar-refractivity contribution in [1.29, 1.82) is 0 Å². The third kappa shape index (κ3) is 2.39. The van der Waals surface area contributed by atoms with Gasteiger partial charge in [-0.15, -0.1) is 23.4 Å². The van der Waals surface area contributed by atoms with Gasteiger partial charge in [-0.1, -0.05) is 18.2 Å². The Kier molecular flexibility index (Phi) is 3.53. The largest absolute Gasteiger partial charge is 0.338 e. The van der Waals surface area contributed by atoms with Crippen molar-refractivity contribution in [2.24, 2.45) is 0 Å². The summed E-state index contributed by atoms with van der Waals surface area (Å²) in [5.41, 5.74) is 1.31. The van der Waals surface area contributed by atoms with Crippen molar-refractivity contribution in [3.8, 4) is 0 Å². The van der Waals surface area contributed by atoms with Gasteiger partial charge in [-0.05, 0) is 30.9 Å². The van der Waals surface area contributed by atoms with Crippen molar-refractivity contribution >= 4 is 29.3 Å². The van der Waals surface area contributed by atoms with Crippen molar-refractivity contribution in [3.05, 3.63) is 29.8 Å². The van der Waals surface area contributed by atoms with E-state index in [1.165, 1.54) is 10.5 Å². The number of hydrogen-bond donors (Lipinski definition) is 0. The molecule has 96 valence electrons. The van der Waals surface area contributed by atoms with Gasteiger partial charge < -0.3 is 4.90 Å². The van der Waals surface area contributed by atoms with Crippen molar-refractivity contribution < 1.29 is 4.79 Å². The van der Waals surface area contributed by atoms with Crippen LogP contribution >= 0.6 is 23.4 Å². The SMILES string of the molecule is O=C(C1Cc2ccccc2S1)N(CCCl)C1CC1. The van der Waals surface area contributed by atoms with Gasteiger partial charge in [0.05, 0.1) is 5.25 Å². The third-order valence-corrected chi connectivity index (χ3v) is 4.99. The molecular weight excluding hydrogens is 266 g/mol. The maximum atomic E-state index is 12.5. The van der Waals surface area contributed by atoms with Gasteiger partial charge in [0.1, 0.15) is 0 Å². The summed E-state index contributed by atoms with van der Waals surface area (Å²) >= 11 is 7.52. The first-order chi connectivity index (χ1) is 8.79. The Morgan fingerprint density at radius 1 is 1.39 bits per heavy atom. The number of nitrogens with zero attached hydrogens (tertiary/aromatic N) is 1. The van der Waals surface area contributed by atoms with Crippen molar-refractivity contribution in [2.75, 3.05) is 12.4 Å². The fourth-order valence-electron chi connectivity index (χ4n) is 2.45. The highest BCUT2D eigenvalue weighted by Crippen LogP contribution is 2.39. The predicted molar refractivity (Wildman–Crippen MR) is 75.2 cm³/mol. The van der Waals surface area contributed by atoms with Gasteiger partial charge in [0.25, 0.3) is 0 Å². The standard InChI is InChI=1S/C14H16ClNOS/c15-7-8-16(11-5-6-11)14(17)13-9-10-3-1-2-4-12(10)18-13/h1-4,11,13H,5-9H2. The molecule has 1 heterocycles. The van der Waals surface area contributed by atoms with Crippen LogP contribution in [0.5, 0.6) is 0 Å². The predicted octanol–water partition coefficient (Wildman–Crippen LogP) is 2.93. The van der Waals surface area contributed by atoms with Crippen molar-refractivity contribution in [3.63, 3.8) is 0 Å². The van der Waals surface area contributed by atoms with Crippen LogP contribution in [0.15, 0.2) is 29.2 Å². The van der Waals surface area contributed by atoms with Crippen molar-refractivity contribution in [1.82, 2.24) is 4.90 Å². The zero-order valence-corrected chi connectivity index (χ0v) is 11.7. The van der Waals surface area contributed by atoms with Crippen LogP contribution in [0.2, 0.25) is 0 Å². The third-order valence-electron chi connectivity index (χ3n) is 3.52. The first kappa shape index (κ1) is 12.4. The van der Waals surface area contributed by atoms with Crippen LogP contribution in [0, 0.1) is 0 Å². The topological polar surface area (TPSA) is 20.3 Å². The molecule has 1 saturated carbocycles. The van der Waals surface area contributed by atoms with E-state index in [0.29, 0.717) is 18.5 Å². The molecule has 1 aromatic carbocycles. The average molecular weight is 282 g/mol. The smallest absolute Gasteiger partial charge is 0.236 e. The average Bonchev–Trinajstić information content (AvgIpc) is 3.13. The first-order valence-electron chi connectivity index (χ1n) is 6.40. The monoisotopic (exact) mass is 281 g/mol. The van der Waals surface area contributed by atoms with E-state index in [1.54, 1.807) is 11.8 Å². The number of carbonyl (C=O) groups is 1. The van der Waals surface area contributed by atoms with Gasteiger partial charge in [0.15, 0.2) is 0 Å². The maximum Gasteiger partial charge on any atom is 0.236 e. The molecule has 0 spiro atoms. The summed E-state index contributed by atoms with van der Waals surface area (Å²) in [7, 11) is 0. The number of halogens is 1. The number of alkyl halides is 1. The van der Waals surface area contributed by atoms with E-state index < -0.39 is 0 Å². The van der Waals surface area contributed by atoms with Crippen LogP contribution < -0.4 is 0 Å². The molecule has 1 aliphatic heterocycles. The second-order valence-electron chi connectivity index (χ2n) is 4.87. The number of fused-ring (bicyclic) bond motifs is 1. The molecule has 1 amide bonds. The van der Waals surface area contributed by atoms with Crippen LogP contribution in [-0.4, -0.2) is 34.5 Å². The fourth-order valence-corrected chi connectivity index (χ4v) is 3.90. The van der Waals surface area contributed by atoms with E-state index >= 15 is 0 Å². The van der Waals surface area contributed by atoms with Gasteiger partial charge in [-0.2, -0.15) is 0 Å². The van der Waals surface area contributed by atoms with Crippen LogP contribution in [0.25, 0.3) is 0 Å². The van der Waals surface area contributed by atoms with Crippen molar-refractivity contribution in [2.45, 2.75) is 35.4 Å². The van der Waals surface area contributed by atoms with Gasteiger partial charge in [0, 0.05) is 23.4 Å². The van der Waals surface area contributed by atoms with Gasteiger partial charge in [-0.25, -0.2) is 0 Å². The fraction of sp³-hybridized carbons (Fsp3) is 0.500. The van der Waals surface area contributed by atoms with E-state index in [1.807, 2.05) is 17.0 Å². The number of thioether (sulfide) groups is 1. The lowest BCUT2D eigenvalue weighted by Crippen LogP contribution is -2.40. The molecule has 1 unspecified atom stereocenters. The highest BCUT2D eigenvalue weighted by Gasteiger charge is 2.37. The number of amides is 1. The molecule has 1 aromatic rings. The van der Waals surface area contributed by atoms with E-state index in [-0.39, 0.29) is 11.2 Å². The molecule has 0 aromatic heterocycles. The Labute approximate surface area is 117 Å². The summed E-state index contributed by atoms with van der Waals surface area (Å²) in [6, 6.07) is 8.77. The maximum absolute atomic E-state index is 12.5. The summed E-state index contributed by atoms with van der Waals surface area (Å²) in [6.45, 7) is 0.693. The lowest BCUT2D eigenvalue weighted by Gasteiger charge is -2.24. The van der Waals surface area contributed by atoms with E-state index in [4.69, 9.17) is 11.6 Å². The molecule has 1 atom stereocenters. The molecule has 0 N–H and O–H groups in total. The lowest BCUT2D eigenvalue weighted by atomic mass is 10.1. The Bertz CT molecular complexity index is 436. The van der Waals surface area contributed by atoms with Crippen LogP contribution in [0.3, 0.4) is 0 Å². The molecule has 1 aliphatic carbocycles. The Balaban J connectivity index is 1.71. The summed E-state index contributed by atoms with van der Waals surface area (Å²) in [6.07, 6.45) is 3.16. The van der Waals surface area contributed by atoms with Gasteiger partial charge in [-0.3, -0.25) is 4.79 Å². The number of carbonyl (C=O) groups excluding carboxylic acids is 1. The van der Waals surface area contributed by atoms with E-state index in [9.17, 15) is 4.79 Å². The minimum absolute atomic E-state index is 0.0613. The molecule has 2 nitrogen and oxygen atoms in total. The lowest BCUT2D eigenvalue weighted by molar-refractivity contribution is -0.130. The zero-order chi connectivity index (χ0) is 12.5. The summed E-state index contributed by atoms with van der Waals surface area (Å²) < 4.78 is 0. The normalized spacial score (nSPS) is 21.7. The number of benzene rings is 1. The molecule has 0 bridgehead atoms. The Hall–Kier alpha value is -0.670. The summed E-state index contributed by atoms with van der Waals surface area (Å²) in [5, 5.41) is 0.0613. The minimum atomic E-state index is 0.0613. The molecule has 2 aliphatic rings. The van der Waals surface area contributed by atoms with Crippen LogP contribution in [0.1, 0.15) is 18.4 Å².